The molecule has 2 atom stereocenters. The first-order valence-corrected chi connectivity index (χ1v) is 10.2. The van der Waals surface area contributed by atoms with Gasteiger partial charge in [-0.3, -0.25) is 4.79 Å². The second kappa shape index (κ2) is 10.1. The largest absolute Gasteiger partial charge is 0.479 e. The summed E-state index contributed by atoms with van der Waals surface area (Å²) in [6.07, 6.45) is -1.87. The van der Waals surface area contributed by atoms with E-state index in [0.29, 0.717) is 6.42 Å². The number of benzene rings is 2. The molecule has 0 spiro atoms. The Kier molecular flexibility index (Phi) is 7.25. The predicted octanol–water partition coefficient (Wildman–Crippen LogP) is 2.11. The summed E-state index contributed by atoms with van der Waals surface area (Å²) in [5.74, 6) is -2.48. The molecule has 31 heavy (non-hydrogen) atoms. The van der Waals surface area contributed by atoms with Gasteiger partial charge in [-0.05, 0) is 28.7 Å². The third kappa shape index (κ3) is 5.21. The lowest BCUT2D eigenvalue weighted by atomic mass is 9.98. The Labute approximate surface area is 180 Å². The maximum absolute atomic E-state index is 12.2. The number of aliphatic hydroxyl groups is 1. The highest BCUT2D eigenvalue weighted by Crippen LogP contribution is 2.44. The van der Waals surface area contributed by atoms with E-state index < -0.39 is 36.5 Å². The lowest BCUT2D eigenvalue weighted by Crippen LogP contribution is -2.43. The van der Waals surface area contributed by atoms with Crippen LogP contribution in [-0.4, -0.2) is 54.0 Å². The number of carboxylic acid groups (broad SMARTS) is 1. The van der Waals surface area contributed by atoms with Gasteiger partial charge in [0.15, 0.2) is 6.10 Å². The number of aliphatic carboxylic acids is 1. The summed E-state index contributed by atoms with van der Waals surface area (Å²) in [6, 6.07) is 16.1. The van der Waals surface area contributed by atoms with E-state index in [1.54, 1.807) is 6.92 Å². The van der Waals surface area contributed by atoms with Crippen molar-refractivity contribution < 1.29 is 29.3 Å². The van der Waals surface area contributed by atoms with Crippen molar-refractivity contribution in [1.29, 1.82) is 0 Å². The third-order valence-electron chi connectivity index (χ3n) is 5.45. The Balaban J connectivity index is 1.52. The van der Waals surface area contributed by atoms with Crippen molar-refractivity contribution in [3.05, 3.63) is 59.7 Å². The van der Waals surface area contributed by atoms with E-state index in [2.05, 4.69) is 22.8 Å². The van der Waals surface area contributed by atoms with Crippen molar-refractivity contribution in [2.75, 3.05) is 19.7 Å². The maximum atomic E-state index is 12.2. The third-order valence-corrected chi connectivity index (χ3v) is 5.45. The van der Waals surface area contributed by atoms with E-state index in [1.807, 2.05) is 36.4 Å². The number of hydrogen-bond donors (Lipinski definition) is 4. The molecule has 0 radical (unpaired) electrons. The molecule has 164 valence electrons. The fourth-order valence-corrected chi connectivity index (χ4v) is 3.71. The number of aliphatic hydroxyl groups excluding tert-OH is 1. The van der Waals surface area contributed by atoms with E-state index in [4.69, 9.17) is 9.84 Å². The van der Waals surface area contributed by atoms with Crippen LogP contribution in [0, 0.1) is 5.92 Å². The maximum Gasteiger partial charge on any atom is 0.407 e. The van der Waals surface area contributed by atoms with Gasteiger partial charge in [0.05, 0.1) is 12.5 Å². The molecule has 0 bridgehead atoms. The summed E-state index contributed by atoms with van der Waals surface area (Å²) < 4.78 is 5.44. The van der Waals surface area contributed by atoms with Crippen molar-refractivity contribution >= 4 is 18.0 Å². The SMILES string of the molecule is CCC(CNC(=O)OCC1c2ccccc2-c2ccccc21)C(=O)NC[C@H](O)C(=O)O. The van der Waals surface area contributed by atoms with Gasteiger partial charge >= 0.3 is 12.1 Å². The van der Waals surface area contributed by atoms with Gasteiger partial charge in [-0.2, -0.15) is 0 Å². The number of alkyl carbamates (subject to hydrolysis) is 1. The summed E-state index contributed by atoms with van der Waals surface area (Å²) in [4.78, 5) is 35.0. The molecule has 0 saturated carbocycles. The second-order valence-electron chi connectivity index (χ2n) is 7.41. The smallest absolute Gasteiger partial charge is 0.407 e. The second-order valence-corrected chi connectivity index (χ2v) is 7.41. The molecule has 3 rings (SSSR count). The number of amides is 2. The van der Waals surface area contributed by atoms with Crippen LogP contribution in [0.1, 0.15) is 30.4 Å². The Morgan fingerprint density at radius 1 is 0.968 bits per heavy atom. The molecule has 4 N–H and O–H groups in total. The van der Waals surface area contributed by atoms with E-state index in [1.165, 1.54) is 0 Å². The van der Waals surface area contributed by atoms with Crippen LogP contribution in [0.25, 0.3) is 11.1 Å². The van der Waals surface area contributed by atoms with Crippen molar-refractivity contribution in [1.82, 2.24) is 10.6 Å². The number of ether oxygens (including phenoxy) is 1. The molecule has 0 fully saturated rings. The standard InChI is InChI=1S/C23H26N2O6/c1-2-14(21(27)24-12-20(26)22(28)29)11-25-23(30)31-13-19-17-9-5-3-7-15(17)16-8-4-6-10-18(16)19/h3-10,14,19-20,26H,2,11-13H2,1H3,(H,24,27)(H,25,30)(H,28,29)/t14?,20-/m0/s1. The average Bonchev–Trinajstić information content (AvgIpc) is 3.10. The molecule has 0 aromatic heterocycles. The lowest BCUT2D eigenvalue weighted by molar-refractivity contribution is -0.146. The zero-order valence-corrected chi connectivity index (χ0v) is 17.2. The minimum atomic E-state index is -1.67. The number of carbonyl (C=O) groups excluding carboxylic acids is 2. The van der Waals surface area contributed by atoms with Crippen LogP contribution in [0.5, 0.6) is 0 Å². The number of hydrogen-bond acceptors (Lipinski definition) is 5. The fraction of sp³-hybridized carbons (Fsp3) is 0.348. The van der Waals surface area contributed by atoms with Gasteiger partial charge in [-0.1, -0.05) is 55.5 Å². The lowest BCUT2D eigenvalue weighted by Gasteiger charge is -2.18. The number of carboxylic acids is 1. The first-order valence-electron chi connectivity index (χ1n) is 10.2. The van der Waals surface area contributed by atoms with Crippen LogP contribution in [0.3, 0.4) is 0 Å². The Bertz CT molecular complexity index is 915. The van der Waals surface area contributed by atoms with Gasteiger partial charge in [0, 0.05) is 12.5 Å². The highest BCUT2D eigenvalue weighted by Gasteiger charge is 2.29. The van der Waals surface area contributed by atoms with Crippen molar-refractivity contribution in [2.45, 2.75) is 25.4 Å². The van der Waals surface area contributed by atoms with E-state index in [9.17, 15) is 19.5 Å². The fourth-order valence-electron chi connectivity index (χ4n) is 3.71. The minimum absolute atomic E-state index is 0.0438. The van der Waals surface area contributed by atoms with E-state index >= 15 is 0 Å². The summed E-state index contributed by atoms with van der Waals surface area (Å²) in [5.41, 5.74) is 4.50. The van der Waals surface area contributed by atoms with Gasteiger partial charge in [0.2, 0.25) is 5.91 Å². The highest BCUT2D eigenvalue weighted by molar-refractivity contribution is 5.81. The summed E-state index contributed by atoms with van der Waals surface area (Å²) in [6.45, 7) is 1.60. The van der Waals surface area contributed by atoms with E-state index in [-0.39, 0.29) is 19.1 Å². The molecule has 2 aromatic rings. The van der Waals surface area contributed by atoms with Crippen molar-refractivity contribution in [3.8, 4) is 11.1 Å². The zero-order valence-electron chi connectivity index (χ0n) is 17.2. The molecule has 0 saturated heterocycles. The van der Waals surface area contributed by atoms with Gasteiger partial charge in [0.1, 0.15) is 6.61 Å². The molecule has 8 nitrogen and oxygen atoms in total. The number of nitrogens with one attached hydrogen (secondary N) is 2. The monoisotopic (exact) mass is 426 g/mol. The quantitative estimate of drug-likeness (QED) is 0.487. The molecular formula is C23H26N2O6. The summed E-state index contributed by atoms with van der Waals surface area (Å²) in [5, 5.41) is 22.9. The number of rotatable bonds is 9. The molecule has 0 heterocycles. The summed E-state index contributed by atoms with van der Waals surface area (Å²) in [7, 11) is 0. The molecular weight excluding hydrogens is 400 g/mol. The van der Waals surface area contributed by atoms with Crippen LogP contribution in [0.4, 0.5) is 4.79 Å². The Morgan fingerprint density at radius 2 is 1.55 bits per heavy atom. The first-order chi connectivity index (χ1) is 14.9. The topological polar surface area (TPSA) is 125 Å². The Hall–Kier alpha value is -3.39. The van der Waals surface area contributed by atoms with Gasteiger partial charge in [-0.25, -0.2) is 9.59 Å². The van der Waals surface area contributed by atoms with Crippen LogP contribution in [-0.2, 0) is 14.3 Å². The number of carbonyl (C=O) groups is 3. The van der Waals surface area contributed by atoms with E-state index in [0.717, 1.165) is 22.3 Å². The normalized spacial score (nSPS) is 14.1. The molecule has 2 amide bonds. The molecule has 1 aliphatic rings. The van der Waals surface area contributed by atoms with Gasteiger partial charge < -0.3 is 25.6 Å². The van der Waals surface area contributed by atoms with Crippen molar-refractivity contribution in [2.24, 2.45) is 5.92 Å². The molecule has 1 aliphatic carbocycles. The van der Waals surface area contributed by atoms with Gasteiger partial charge in [0.25, 0.3) is 0 Å². The molecule has 8 heteroatoms. The zero-order chi connectivity index (χ0) is 22.4. The highest BCUT2D eigenvalue weighted by atomic mass is 16.5. The molecule has 0 aliphatic heterocycles. The number of fused-ring (bicyclic) bond motifs is 3. The van der Waals surface area contributed by atoms with Crippen LogP contribution in [0.15, 0.2) is 48.5 Å². The summed E-state index contributed by atoms with van der Waals surface area (Å²) >= 11 is 0. The first kappa shape index (κ1) is 22.3. The Morgan fingerprint density at radius 3 is 2.10 bits per heavy atom. The van der Waals surface area contributed by atoms with Crippen LogP contribution >= 0.6 is 0 Å². The molecule has 1 unspecified atom stereocenters. The average molecular weight is 426 g/mol. The van der Waals surface area contributed by atoms with Gasteiger partial charge in [-0.15, -0.1) is 0 Å². The predicted molar refractivity (Wildman–Crippen MR) is 114 cm³/mol. The van der Waals surface area contributed by atoms with Crippen LogP contribution in [0.2, 0.25) is 0 Å². The van der Waals surface area contributed by atoms with Crippen molar-refractivity contribution in [3.63, 3.8) is 0 Å². The molecule has 2 aromatic carbocycles. The minimum Gasteiger partial charge on any atom is -0.479 e. The van der Waals surface area contributed by atoms with Crippen LogP contribution < -0.4 is 10.6 Å².